The fourth-order valence-electron chi connectivity index (χ4n) is 2.42. The number of anilines is 1. The molecule has 2 heterocycles. The SMILES string of the molecule is C=C(C)COc1ccc2c(C)c(CC(=O)Nc3nn[nH]n3)c(=O)oc2c1. The average molecular weight is 355 g/mol. The summed E-state index contributed by atoms with van der Waals surface area (Å²) in [5.74, 6) is 0.172. The van der Waals surface area contributed by atoms with Crippen LogP contribution >= 0.6 is 0 Å². The van der Waals surface area contributed by atoms with E-state index in [1.54, 1.807) is 25.1 Å². The number of carbonyl (C=O) groups excluding carboxylic acids is 1. The van der Waals surface area contributed by atoms with Gasteiger partial charge in [0.1, 0.15) is 17.9 Å². The first-order valence-corrected chi connectivity index (χ1v) is 7.81. The van der Waals surface area contributed by atoms with Crippen LogP contribution in [0.3, 0.4) is 0 Å². The molecular weight excluding hydrogens is 338 g/mol. The first kappa shape index (κ1) is 17.3. The van der Waals surface area contributed by atoms with Crippen LogP contribution in [0.1, 0.15) is 18.1 Å². The lowest BCUT2D eigenvalue weighted by molar-refractivity contribution is -0.115. The van der Waals surface area contributed by atoms with Gasteiger partial charge in [-0.3, -0.25) is 10.1 Å². The molecule has 26 heavy (non-hydrogen) atoms. The second-order valence-corrected chi connectivity index (χ2v) is 5.86. The van der Waals surface area contributed by atoms with Crippen molar-refractivity contribution < 1.29 is 13.9 Å². The summed E-state index contributed by atoms with van der Waals surface area (Å²) in [4.78, 5) is 24.4. The van der Waals surface area contributed by atoms with Crippen LogP contribution in [-0.4, -0.2) is 33.1 Å². The van der Waals surface area contributed by atoms with Crippen molar-refractivity contribution in [1.29, 1.82) is 0 Å². The van der Waals surface area contributed by atoms with Gasteiger partial charge >= 0.3 is 5.63 Å². The molecule has 0 aliphatic rings. The topological polar surface area (TPSA) is 123 Å². The number of amides is 1. The largest absolute Gasteiger partial charge is 0.489 e. The Morgan fingerprint density at radius 3 is 2.92 bits per heavy atom. The maximum atomic E-state index is 12.3. The van der Waals surface area contributed by atoms with Gasteiger partial charge in [-0.25, -0.2) is 4.79 Å². The number of rotatable bonds is 6. The lowest BCUT2D eigenvalue weighted by Gasteiger charge is -2.10. The summed E-state index contributed by atoms with van der Waals surface area (Å²) in [6.07, 6.45) is -0.160. The third-order valence-electron chi connectivity index (χ3n) is 3.68. The molecule has 0 saturated heterocycles. The number of aryl methyl sites for hydroxylation is 1. The molecule has 0 saturated carbocycles. The van der Waals surface area contributed by atoms with Crippen molar-refractivity contribution in [1.82, 2.24) is 20.6 Å². The van der Waals surface area contributed by atoms with Crippen molar-refractivity contribution in [3.63, 3.8) is 0 Å². The number of hydrogen-bond donors (Lipinski definition) is 2. The number of nitrogens with zero attached hydrogens (tertiary/aromatic N) is 3. The molecule has 0 aliphatic heterocycles. The van der Waals surface area contributed by atoms with Crippen molar-refractivity contribution in [2.45, 2.75) is 20.3 Å². The van der Waals surface area contributed by atoms with Gasteiger partial charge in [-0.15, -0.1) is 5.10 Å². The van der Waals surface area contributed by atoms with E-state index in [0.717, 1.165) is 11.0 Å². The maximum absolute atomic E-state index is 12.3. The third kappa shape index (κ3) is 3.77. The monoisotopic (exact) mass is 355 g/mol. The summed E-state index contributed by atoms with van der Waals surface area (Å²) in [6.45, 7) is 7.78. The molecule has 2 aromatic heterocycles. The predicted molar refractivity (Wildman–Crippen MR) is 94.0 cm³/mol. The second kappa shape index (κ2) is 7.18. The van der Waals surface area contributed by atoms with Gasteiger partial charge in [0.2, 0.25) is 5.91 Å². The Kier molecular flexibility index (Phi) is 4.78. The highest BCUT2D eigenvalue weighted by Gasteiger charge is 2.16. The van der Waals surface area contributed by atoms with Crippen LogP contribution in [0.25, 0.3) is 11.0 Å². The normalized spacial score (nSPS) is 10.7. The Morgan fingerprint density at radius 1 is 1.42 bits per heavy atom. The van der Waals surface area contributed by atoms with E-state index in [2.05, 4.69) is 32.5 Å². The lowest BCUT2D eigenvalue weighted by Crippen LogP contribution is -2.21. The van der Waals surface area contributed by atoms with Gasteiger partial charge in [0.25, 0.3) is 5.95 Å². The third-order valence-corrected chi connectivity index (χ3v) is 3.68. The lowest BCUT2D eigenvalue weighted by atomic mass is 10.0. The molecule has 3 rings (SSSR count). The molecule has 0 bridgehead atoms. The van der Waals surface area contributed by atoms with Gasteiger partial charge < -0.3 is 9.15 Å². The van der Waals surface area contributed by atoms with Crippen LogP contribution in [0.4, 0.5) is 5.95 Å². The van der Waals surface area contributed by atoms with E-state index in [4.69, 9.17) is 9.15 Å². The first-order chi connectivity index (χ1) is 12.4. The van der Waals surface area contributed by atoms with Gasteiger partial charge in [0.15, 0.2) is 0 Å². The van der Waals surface area contributed by atoms with Crippen molar-refractivity contribution in [3.8, 4) is 5.75 Å². The summed E-state index contributed by atoms with van der Waals surface area (Å²) < 4.78 is 10.9. The van der Waals surface area contributed by atoms with Gasteiger partial charge in [-0.05, 0) is 42.3 Å². The molecular formula is C17H17N5O4. The minimum Gasteiger partial charge on any atom is -0.489 e. The standard InChI is InChI=1S/C17H17N5O4/c1-9(2)8-25-11-4-5-12-10(3)13(16(24)26-14(12)6-11)7-15(23)18-17-19-21-22-20-17/h4-6H,1,7-8H2,2-3H3,(H2,18,19,20,21,22,23). The molecule has 9 heteroatoms. The zero-order valence-corrected chi connectivity index (χ0v) is 14.3. The second-order valence-electron chi connectivity index (χ2n) is 5.86. The molecule has 0 radical (unpaired) electrons. The molecule has 1 amide bonds. The smallest absolute Gasteiger partial charge is 0.340 e. The van der Waals surface area contributed by atoms with Gasteiger partial charge in [0.05, 0.1) is 12.0 Å². The van der Waals surface area contributed by atoms with Crippen molar-refractivity contribution in [2.24, 2.45) is 0 Å². The molecule has 134 valence electrons. The van der Waals surface area contributed by atoms with Crippen LogP contribution in [0, 0.1) is 6.92 Å². The van der Waals surface area contributed by atoms with Gasteiger partial charge in [-0.2, -0.15) is 5.21 Å². The average Bonchev–Trinajstić information content (AvgIpc) is 3.09. The molecule has 0 aliphatic carbocycles. The summed E-state index contributed by atoms with van der Waals surface area (Å²) in [5.41, 5.74) is 1.65. The van der Waals surface area contributed by atoms with Crippen LogP contribution in [-0.2, 0) is 11.2 Å². The van der Waals surface area contributed by atoms with Crippen molar-refractivity contribution >= 4 is 22.8 Å². The fraction of sp³-hybridized carbons (Fsp3) is 0.235. The number of fused-ring (bicyclic) bond motifs is 1. The fourth-order valence-corrected chi connectivity index (χ4v) is 2.42. The zero-order valence-electron chi connectivity index (χ0n) is 14.3. The number of benzene rings is 1. The minimum absolute atomic E-state index is 0.0390. The van der Waals surface area contributed by atoms with E-state index in [-0.39, 0.29) is 17.9 Å². The highest BCUT2D eigenvalue weighted by atomic mass is 16.5. The van der Waals surface area contributed by atoms with Crippen LogP contribution in [0.5, 0.6) is 5.75 Å². The predicted octanol–water partition coefficient (Wildman–Crippen LogP) is 1.75. The van der Waals surface area contributed by atoms with E-state index >= 15 is 0 Å². The van der Waals surface area contributed by atoms with E-state index in [9.17, 15) is 9.59 Å². The highest BCUT2D eigenvalue weighted by molar-refractivity contribution is 5.92. The number of ether oxygens (including phenoxy) is 1. The Bertz CT molecular complexity index is 1020. The summed E-state index contributed by atoms with van der Waals surface area (Å²) >= 11 is 0. The van der Waals surface area contributed by atoms with Crippen LogP contribution in [0.15, 0.2) is 39.6 Å². The Hall–Kier alpha value is -3.49. The maximum Gasteiger partial charge on any atom is 0.340 e. The molecule has 9 nitrogen and oxygen atoms in total. The van der Waals surface area contributed by atoms with E-state index in [1.807, 2.05) is 6.92 Å². The van der Waals surface area contributed by atoms with E-state index < -0.39 is 11.5 Å². The minimum atomic E-state index is -0.574. The van der Waals surface area contributed by atoms with Crippen LogP contribution in [0.2, 0.25) is 0 Å². The number of nitrogens with one attached hydrogen (secondary N) is 2. The quantitative estimate of drug-likeness (QED) is 0.510. The Morgan fingerprint density at radius 2 is 2.23 bits per heavy atom. The number of hydrogen-bond acceptors (Lipinski definition) is 7. The molecule has 3 aromatic rings. The van der Waals surface area contributed by atoms with Crippen molar-refractivity contribution in [3.05, 3.63) is 51.9 Å². The summed E-state index contributed by atoms with van der Waals surface area (Å²) in [5, 5.41) is 16.0. The van der Waals surface area contributed by atoms with Gasteiger partial charge in [0, 0.05) is 11.5 Å². The number of aromatic amines is 1. The molecule has 0 atom stereocenters. The Labute approximate surface area is 148 Å². The molecule has 2 N–H and O–H groups in total. The molecule has 0 unspecified atom stereocenters. The number of tetrazole rings is 1. The number of carbonyl (C=O) groups is 1. The summed E-state index contributed by atoms with van der Waals surface area (Å²) in [6, 6.07) is 5.22. The van der Waals surface area contributed by atoms with E-state index in [0.29, 0.717) is 23.5 Å². The summed E-state index contributed by atoms with van der Waals surface area (Å²) in [7, 11) is 0. The highest BCUT2D eigenvalue weighted by Crippen LogP contribution is 2.24. The zero-order chi connectivity index (χ0) is 18.7. The number of H-pyrrole nitrogens is 1. The van der Waals surface area contributed by atoms with Crippen LogP contribution < -0.4 is 15.7 Å². The first-order valence-electron chi connectivity index (χ1n) is 7.81. The van der Waals surface area contributed by atoms with E-state index in [1.165, 1.54) is 0 Å². The Balaban J connectivity index is 1.87. The molecule has 0 fully saturated rings. The molecule has 0 spiro atoms. The van der Waals surface area contributed by atoms with Gasteiger partial charge in [-0.1, -0.05) is 11.7 Å². The molecule has 1 aromatic carbocycles. The number of aromatic nitrogens is 4. The van der Waals surface area contributed by atoms with Crippen molar-refractivity contribution in [2.75, 3.05) is 11.9 Å².